The second kappa shape index (κ2) is 8.04. The van der Waals surface area contributed by atoms with Crippen LogP contribution < -0.4 is 10.6 Å². The standard InChI is InChI=1S/C17H17ClN2O2S/c1-11(23-16-9-3-13(18)4-10-16)17(22)20-15-7-5-14(6-8-15)19-12(2)21/h3-11H,1-2H3,(H,19,21)(H,20,22)/t11-/m1/s1. The van der Waals surface area contributed by atoms with E-state index in [2.05, 4.69) is 10.6 Å². The van der Waals surface area contributed by atoms with Gasteiger partial charge in [0.1, 0.15) is 0 Å². The van der Waals surface area contributed by atoms with E-state index in [9.17, 15) is 9.59 Å². The molecule has 0 fully saturated rings. The van der Waals surface area contributed by atoms with E-state index < -0.39 is 0 Å². The highest BCUT2D eigenvalue weighted by Gasteiger charge is 2.14. The highest BCUT2D eigenvalue weighted by molar-refractivity contribution is 8.00. The summed E-state index contributed by atoms with van der Waals surface area (Å²) in [4.78, 5) is 24.2. The third-order valence-electron chi connectivity index (χ3n) is 2.97. The number of halogens is 1. The van der Waals surface area contributed by atoms with Gasteiger partial charge in [-0.05, 0) is 55.5 Å². The summed E-state index contributed by atoms with van der Waals surface area (Å²) in [6.07, 6.45) is 0. The van der Waals surface area contributed by atoms with E-state index in [0.29, 0.717) is 16.4 Å². The largest absolute Gasteiger partial charge is 0.326 e. The quantitative estimate of drug-likeness (QED) is 0.786. The molecule has 2 aromatic carbocycles. The van der Waals surface area contributed by atoms with Crippen LogP contribution in [0.1, 0.15) is 13.8 Å². The molecule has 4 nitrogen and oxygen atoms in total. The van der Waals surface area contributed by atoms with Gasteiger partial charge in [0.15, 0.2) is 0 Å². The number of carbonyl (C=O) groups excluding carboxylic acids is 2. The van der Waals surface area contributed by atoms with Crippen LogP contribution in [0.4, 0.5) is 11.4 Å². The van der Waals surface area contributed by atoms with Crippen molar-refractivity contribution in [2.75, 3.05) is 10.6 Å². The van der Waals surface area contributed by atoms with Crippen molar-refractivity contribution in [1.29, 1.82) is 0 Å². The van der Waals surface area contributed by atoms with Crippen LogP contribution in [0, 0.1) is 0 Å². The van der Waals surface area contributed by atoms with Crippen molar-refractivity contribution in [3.63, 3.8) is 0 Å². The Morgan fingerprint density at radius 2 is 1.48 bits per heavy atom. The third kappa shape index (κ3) is 5.62. The van der Waals surface area contributed by atoms with Crippen LogP contribution in [0.3, 0.4) is 0 Å². The average Bonchev–Trinajstić information content (AvgIpc) is 2.51. The minimum atomic E-state index is -0.244. The van der Waals surface area contributed by atoms with Crippen LogP contribution in [0.25, 0.3) is 0 Å². The molecule has 2 aromatic rings. The summed E-state index contributed by atoms with van der Waals surface area (Å²) in [6.45, 7) is 3.30. The Labute approximate surface area is 144 Å². The van der Waals surface area contributed by atoms with Crippen molar-refractivity contribution in [3.8, 4) is 0 Å². The topological polar surface area (TPSA) is 58.2 Å². The maximum Gasteiger partial charge on any atom is 0.237 e. The molecule has 0 radical (unpaired) electrons. The smallest absolute Gasteiger partial charge is 0.237 e. The summed E-state index contributed by atoms with van der Waals surface area (Å²) in [6, 6.07) is 14.4. The second-order valence-electron chi connectivity index (χ2n) is 4.96. The summed E-state index contributed by atoms with van der Waals surface area (Å²) < 4.78 is 0. The fourth-order valence-corrected chi connectivity index (χ4v) is 2.85. The average molecular weight is 349 g/mol. The van der Waals surface area contributed by atoms with Crippen LogP contribution in [0.5, 0.6) is 0 Å². The monoisotopic (exact) mass is 348 g/mol. The van der Waals surface area contributed by atoms with E-state index in [1.54, 1.807) is 36.4 Å². The van der Waals surface area contributed by atoms with Crippen LogP contribution >= 0.6 is 23.4 Å². The summed E-state index contributed by atoms with van der Waals surface area (Å²) in [5.74, 6) is -0.216. The van der Waals surface area contributed by atoms with Gasteiger partial charge in [-0.15, -0.1) is 11.8 Å². The third-order valence-corrected chi connectivity index (χ3v) is 4.33. The van der Waals surface area contributed by atoms with Crippen molar-refractivity contribution in [2.45, 2.75) is 24.0 Å². The zero-order valence-electron chi connectivity index (χ0n) is 12.8. The Balaban J connectivity index is 1.92. The van der Waals surface area contributed by atoms with Crippen LogP contribution in [-0.2, 0) is 9.59 Å². The van der Waals surface area contributed by atoms with E-state index >= 15 is 0 Å². The number of carbonyl (C=O) groups is 2. The van der Waals surface area contributed by atoms with E-state index in [0.717, 1.165) is 4.90 Å². The van der Waals surface area contributed by atoms with Gasteiger partial charge in [0.2, 0.25) is 11.8 Å². The van der Waals surface area contributed by atoms with E-state index in [1.807, 2.05) is 19.1 Å². The molecule has 0 aliphatic rings. The molecule has 2 rings (SSSR count). The molecule has 0 aliphatic carbocycles. The zero-order chi connectivity index (χ0) is 16.8. The van der Waals surface area contributed by atoms with E-state index in [4.69, 9.17) is 11.6 Å². The molecular formula is C17H17ClN2O2S. The first-order valence-corrected chi connectivity index (χ1v) is 8.30. The van der Waals surface area contributed by atoms with E-state index in [1.165, 1.54) is 18.7 Å². The van der Waals surface area contributed by atoms with Gasteiger partial charge in [-0.25, -0.2) is 0 Å². The number of rotatable bonds is 5. The minimum Gasteiger partial charge on any atom is -0.326 e. The number of anilines is 2. The number of benzene rings is 2. The highest BCUT2D eigenvalue weighted by Crippen LogP contribution is 2.25. The lowest BCUT2D eigenvalue weighted by atomic mass is 10.2. The molecule has 0 aliphatic heterocycles. The first-order chi connectivity index (χ1) is 10.9. The molecule has 1 atom stereocenters. The zero-order valence-corrected chi connectivity index (χ0v) is 14.4. The summed E-state index contributed by atoms with van der Waals surface area (Å²) in [5.41, 5.74) is 1.38. The number of hydrogen-bond acceptors (Lipinski definition) is 3. The molecule has 0 unspecified atom stereocenters. The van der Waals surface area contributed by atoms with Crippen molar-refractivity contribution in [3.05, 3.63) is 53.6 Å². The number of hydrogen-bond donors (Lipinski definition) is 2. The van der Waals surface area contributed by atoms with Crippen molar-refractivity contribution < 1.29 is 9.59 Å². The predicted octanol–water partition coefficient (Wildman–Crippen LogP) is 4.42. The molecule has 6 heteroatoms. The molecule has 2 amide bonds. The van der Waals surface area contributed by atoms with Crippen LogP contribution in [0.15, 0.2) is 53.4 Å². The minimum absolute atomic E-state index is 0.0859. The van der Waals surface area contributed by atoms with Gasteiger partial charge in [0.05, 0.1) is 5.25 Å². The van der Waals surface area contributed by atoms with Gasteiger partial charge in [0.25, 0.3) is 0 Å². The number of thioether (sulfide) groups is 1. The van der Waals surface area contributed by atoms with Gasteiger partial charge in [0, 0.05) is 28.2 Å². The Bertz CT molecular complexity index is 687. The van der Waals surface area contributed by atoms with Gasteiger partial charge in [-0.2, -0.15) is 0 Å². The molecule has 23 heavy (non-hydrogen) atoms. The maximum atomic E-state index is 12.2. The lowest BCUT2D eigenvalue weighted by Gasteiger charge is -2.12. The molecular weight excluding hydrogens is 332 g/mol. The molecule has 120 valence electrons. The van der Waals surface area contributed by atoms with Gasteiger partial charge < -0.3 is 10.6 Å². The van der Waals surface area contributed by atoms with Crippen molar-refractivity contribution in [1.82, 2.24) is 0 Å². The number of nitrogens with one attached hydrogen (secondary N) is 2. The Morgan fingerprint density at radius 3 is 2.00 bits per heavy atom. The van der Waals surface area contributed by atoms with Gasteiger partial charge in [-0.1, -0.05) is 11.6 Å². The van der Waals surface area contributed by atoms with Crippen LogP contribution in [-0.4, -0.2) is 17.1 Å². The van der Waals surface area contributed by atoms with Gasteiger partial charge in [-0.3, -0.25) is 9.59 Å². The second-order valence-corrected chi connectivity index (χ2v) is 6.81. The molecule has 0 bridgehead atoms. The first kappa shape index (κ1) is 17.4. The SMILES string of the molecule is CC(=O)Nc1ccc(NC(=O)[C@@H](C)Sc2ccc(Cl)cc2)cc1. The summed E-state index contributed by atoms with van der Waals surface area (Å²) >= 11 is 7.31. The Kier molecular flexibility index (Phi) is 6.07. The lowest BCUT2D eigenvalue weighted by Crippen LogP contribution is -2.22. The molecule has 0 aromatic heterocycles. The molecule has 0 heterocycles. The highest BCUT2D eigenvalue weighted by atomic mass is 35.5. The molecule has 0 saturated heterocycles. The summed E-state index contributed by atoms with van der Waals surface area (Å²) in [7, 11) is 0. The normalized spacial score (nSPS) is 11.6. The summed E-state index contributed by atoms with van der Waals surface area (Å²) in [5, 5.41) is 5.96. The Hall–Kier alpha value is -1.98. The first-order valence-electron chi connectivity index (χ1n) is 7.05. The fourth-order valence-electron chi connectivity index (χ4n) is 1.85. The van der Waals surface area contributed by atoms with Crippen molar-refractivity contribution in [2.24, 2.45) is 0 Å². The van der Waals surface area contributed by atoms with E-state index in [-0.39, 0.29) is 17.1 Å². The molecule has 0 spiro atoms. The van der Waals surface area contributed by atoms with Crippen LogP contribution in [0.2, 0.25) is 5.02 Å². The lowest BCUT2D eigenvalue weighted by molar-refractivity contribution is -0.115. The maximum absolute atomic E-state index is 12.2. The fraction of sp³-hybridized carbons (Fsp3) is 0.176. The predicted molar refractivity (Wildman–Crippen MR) is 96.1 cm³/mol. The van der Waals surface area contributed by atoms with Crippen molar-refractivity contribution >= 4 is 46.6 Å². The molecule has 0 saturated carbocycles. The number of amides is 2. The molecule has 2 N–H and O–H groups in total. The van der Waals surface area contributed by atoms with Gasteiger partial charge >= 0.3 is 0 Å². The Morgan fingerprint density at radius 1 is 0.957 bits per heavy atom.